The van der Waals surface area contributed by atoms with Crippen LogP contribution in [-0.2, 0) is 6.54 Å². The molecule has 0 aromatic heterocycles. The van der Waals surface area contributed by atoms with E-state index in [0.29, 0.717) is 12.1 Å². The Hall–Kier alpha value is -1.06. The summed E-state index contributed by atoms with van der Waals surface area (Å²) in [5.74, 6) is 1.68. The second kappa shape index (κ2) is 8.54. The zero-order valence-corrected chi connectivity index (χ0v) is 14.4. The Morgan fingerprint density at radius 1 is 1.18 bits per heavy atom. The Labute approximate surface area is 135 Å². The molecule has 0 saturated heterocycles. The summed E-state index contributed by atoms with van der Waals surface area (Å²) in [7, 11) is 1.72. The summed E-state index contributed by atoms with van der Waals surface area (Å²) in [6.45, 7) is 6.86. The molecule has 1 saturated carbocycles. The molecule has 0 radical (unpaired) electrons. The molecule has 124 valence electrons. The van der Waals surface area contributed by atoms with Crippen LogP contribution in [0.4, 0.5) is 0 Å². The molecule has 2 N–H and O–H groups in total. The second-order valence-corrected chi connectivity index (χ2v) is 6.86. The number of nitrogens with zero attached hydrogens (tertiary/aromatic N) is 1. The van der Waals surface area contributed by atoms with Crippen molar-refractivity contribution in [3.8, 4) is 5.75 Å². The van der Waals surface area contributed by atoms with Gasteiger partial charge in [-0.25, -0.2) is 0 Å². The second-order valence-electron chi connectivity index (χ2n) is 6.86. The maximum absolute atomic E-state index is 6.08. The molecule has 3 nitrogen and oxygen atoms in total. The summed E-state index contributed by atoms with van der Waals surface area (Å²) >= 11 is 0. The van der Waals surface area contributed by atoms with Gasteiger partial charge < -0.3 is 10.5 Å². The van der Waals surface area contributed by atoms with Gasteiger partial charge in [-0.2, -0.15) is 0 Å². The molecule has 0 amide bonds. The molecule has 1 aliphatic carbocycles. The lowest BCUT2D eigenvalue weighted by atomic mass is 9.90. The SMILES string of the molecule is CCC(C)CN(Cc1ccc(OC)cc1)C1CCC(N)CC1. The van der Waals surface area contributed by atoms with Crippen LogP contribution in [0.25, 0.3) is 0 Å². The predicted octanol–water partition coefficient (Wildman–Crippen LogP) is 3.81. The third-order valence-corrected chi connectivity index (χ3v) is 5.05. The van der Waals surface area contributed by atoms with E-state index < -0.39 is 0 Å². The summed E-state index contributed by atoms with van der Waals surface area (Å²) in [5.41, 5.74) is 7.45. The molecule has 22 heavy (non-hydrogen) atoms. The van der Waals surface area contributed by atoms with Crippen molar-refractivity contribution in [2.24, 2.45) is 11.7 Å². The summed E-state index contributed by atoms with van der Waals surface area (Å²) in [5, 5.41) is 0. The zero-order valence-electron chi connectivity index (χ0n) is 14.4. The van der Waals surface area contributed by atoms with Gasteiger partial charge >= 0.3 is 0 Å². The molecule has 1 unspecified atom stereocenters. The number of nitrogens with two attached hydrogens (primary N) is 1. The molecule has 1 aromatic rings. The predicted molar refractivity (Wildman–Crippen MR) is 93.1 cm³/mol. The van der Waals surface area contributed by atoms with Crippen molar-refractivity contribution in [2.75, 3.05) is 13.7 Å². The molecule has 0 bridgehead atoms. The average Bonchev–Trinajstić information content (AvgIpc) is 2.55. The van der Waals surface area contributed by atoms with E-state index in [1.807, 2.05) is 0 Å². The molecule has 3 heteroatoms. The lowest BCUT2D eigenvalue weighted by Crippen LogP contribution is -2.42. The molecule has 1 aromatic carbocycles. The van der Waals surface area contributed by atoms with Gasteiger partial charge in [0.05, 0.1) is 7.11 Å². The summed E-state index contributed by atoms with van der Waals surface area (Å²) in [4.78, 5) is 2.68. The van der Waals surface area contributed by atoms with Gasteiger partial charge in [0.25, 0.3) is 0 Å². The molecular formula is C19H32N2O. The minimum atomic E-state index is 0.419. The zero-order chi connectivity index (χ0) is 15.9. The fourth-order valence-electron chi connectivity index (χ4n) is 3.30. The van der Waals surface area contributed by atoms with Gasteiger partial charge in [-0.15, -0.1) is 0 Å². The smallest absolute Gasteiger partial charge is 0.118 e. The van der Waals surface area contributed by atoms with Crippen LogP contribution < -0.4 is 10.5 Å². The maximum Gasteiger partial charge on any atom is 0.118 e. The Morgan fingerprint density at radius 3 is 2.36 bits per heavy atom. The first-order chi connectivity index (χ1) is 10.6. The van der Waals surface area contributed by atoms with Crippen molar-refractivity contribution in [1.29, 1.82) is 0 Å². The number of ether oxygens (including phenoxy) is 1. The van der Waals surface area contributed by atoms with Crippen molar-refractivity contribution in [1.82, 2.24) is 4.90 Å². The van der Waals surface area contributed by atoms with Crippen LogP contribution >= 0.6 is 0 Å². The van der Waals surface area contributed by atoms with Crippen LogP contribution in [0.5, 0.6) is 5.75 Å². The Balaban J connectivity index is 2.02. The van der Waals surface area contributed by atoms with E-state index >= 15 is 0 Å². The lowest BCUT2D eigenvalue weighted by Gasteiger charge is -2.37. The lowest BCUT2D eigenvalue weighted by molar-refractivity contribution is 0.122. The highest BCUT2D eigenvalue weighted by molar-refractivity contribution is 5.27. The molecule has 1 fully saturated rings. The average molecular weight is 304 g/mol. The Kier molecular flexibility index (Phi) is 6.71. The van der Waals surface area contributed by atoms with E-state index in [2.05, 4.69) is 43.0 Å². The van der Waals surface area contributed by atoms with E-state index in [1.165, 1.54) is 44.2 Å². The largest absolute Gasteiger partial charge is 0.497 e. The van der Waals surface area contributed by atoms with Crippen LogP contribution in [-0.4, -0.2) is 30.6 Å². The monoisotopic (exact) mass is 304 g/mol. The first-order valence-electron chi connectivity index (χ1n) is 8.75. The number of hydrogen-bond acceptors (Lipinski definition) is 3. The standard InChI is InChI=1S/C19H32N2O/c1-4-15(2)13-21(18-9-7-17(20)8-10-18)14-16-5-11-19(22-3)12-6-16/h5-6,11-12,15,17-18H,4,7-10,13-14,20H2,1-3H3. The van der Waals surface area contributed by atoms with Crippen molar-refractivity contribution in [3.63, 3.8) is 0 Å². The van der Waals surface area contributed by atoms with E-state index in [1.54, 1.807) is 7.11 Å². The minimum Gasteiger partial charge on any atom is -0.497 e. The quantitative estimate of drug-likeness (QED) is 0.832. The number of rotatable bonds is 7. The summed E-state index contributed by atoms with van der Waals surface area (Å²) < 4.78 is 5.26. The third kappa shape index (κ3) is 4.99. The first-order valence-corrected chi connectivity index (χ1v) is 8.75. The van der Waals surface area contributed by atoms with E-state index in [4.69, 9.17) is 10.5 Å². The van der Waals surface area contributed by atoms with E-state index in [-0.39, 0.29) is 0 Å². The van der Waals surface area contributed by atoms with Crippen molar-refractivity contribution >= 4 is 0 Å². The molecule has 0 aliphatic heterocycles. The summed E-state index contributed by atoms with van der Waals surface area (Å²) in [6.07, 6.45) is 6.07. The van der Waals surface area contributed by atoms with Crippen LogP contribution in [0.1, 0.15) is 51.5 Å². The fraction of sp³-hybridized carbons (Fsp3) is 0.684. The van der Waals surface area contributed by atoms with Gasteiger partial charge in [-0.1, -0.05) is 32.4 Å². The third-order valence-electron chi connectivity index (χ3n) is 5.05. The molecule has 0 spiro atoms. The highest BCUT2D eigenvalue weighted by atomic mass is 16.5. The molecule has 1 atom stereocenters. The van der Waals surface area contributed by atoms with Gasteiger partial charge in [0.2, 0.25) is 0 Å². The molecule has 0 heterocycles. The van der Waals surface area contributed by atoms with Crippen LogP contribution in [0.15, 0.2) is 24.3 Å². The molecule has 1 aliphatic rings. The number of methoxy groups -OCH3 is 1. The highest BCUT2D eigenvalue weighted by Crippen LogP contribution is 2.25. The van der Waals surface area contributed by atoms with Crippen molar-refractivity contribution in [2.45, 2.75) is 64.6 Å². The molecule has 2 rings (SSSR count). The Morgan fingerprint density at radius 2 is 1.82 bits per heavy atom. The van der Waals surface area contributed by atoms with Gasteiger partial charge in [0, 0.05) is 25.2 Å². The van der Waals surface area contributed by atoms with Gasteiger partial charge in [0.1, 0.15) is 5.75 Å². The Bertz CT molecular complexity index is 424. The summed E-state index contributed by atoms with van der Waals surface area (Å²) in [6, 6.07) is 9.62. The van der Waals surface area contributed by atoms with Gasteiger partial charge in [-0.3, -0.25) is 4.90 Å². The highest BCUT2D eigenvalue weighted by Gasteiger charge is 2.25. The van der Waals surface area contributed by atoms with Crippen LogP contribution in [0.3, 0.4) is 0 Å². The van der Waals surface area contributed by atoms with Crippen LogP contribution in [0, 0.1) is 5.92 Å². The number of benzene rings is 1. The van der Waals surface area contributed by atoms with Gasteiger partial charge in [-0.05, 0) is 49.3 Å². The molecular weight excluding hydrogens is 272 g/mol. The normalized spacial score (nSPS) is 23.5. The van der Waals surface area contributed by atoms with E-state index in [9.17, 15) is 0 Å². The first kappa shape index (κ1) is 17.3. The van der Waals surface area contributed by atoms with Crippen molar-refractivity contribution in [3.05, 3.63) is 29.8 Å². The van der Waals surface area contributed by atoms with Crippen LogP contribution in [0.2, 0.25) is 0 Å². The topological polar surface area (TPSA) is 38.5 Å². The maximum atomic E-state index is 6.08. The fourth-order valence-corrected chi connectivity index (χ4v) is 3.30. The number of hydrogen-bond donors (Lipinski definition) is 1. The van der Waals surface area contributed by atoms with Crippen molar-refractivity contribution < 1.29 is 4.74 Å². The minimum absolute atomic E-state index is 0.419. The van der Waals surface area contributed by atoms with Gasteiger partial charge in [0.15, 0.2) is 0 Å². The van der Waals surface area contributed by atoms with E-state index in [0.717, 1.165) is 18.2 Å².